The van der Waals surface area contributed by atoms with E-state index in [2.05, 4.69) is 10.0 Å². The van der Waals surface area contributed by atoms with Gasteiger partial charge in [-0.05, 0) is 61.6 Å². The molecule has 0 fully saturated rings. The Balaban J connectivity index is 1.84. The molecule has 0 aromatic heterocycles. The fourth-order valence-electron chi connectivity index (χ4n) is 3.91. The third kappa shape index (κ3) is 4.80. The highest BCUT2D eigenvalue weighted by Crippen LogP contribution is 2.34. The van der Waals surface area contributed by atoms with Crippen molar-refractivity contribution in [1.82, 2.24) is 4.72 Å². The molecule has 1 aliphatic heterocycles. The molecule has 0 bridgehead atoms. The molecule has 2 N–H and O–H groups in total. The standard InChI is InChI=1S/C23H29N3O4S/c1-14(2)22(23(28)24-20-9-7-6-8-15(20)3)25-31(29,30)19-10-11-21-18(13-19)12-16(4)26(21)17(5)27/h6-11,13-14,16,22,25H,12H2,1-5H3,(H,24,28)/t16-,22-/m1/s1. The predicted octanol–water partition coefficient (Wildman–Crippen LogP) is 3.23. The maximum absolute atomic E-state index is 13.1. The molecule has 8 heteroatoms. The van der Waals surface area contributed by atoms with Gasteiger partial charge in [0.05, 0.1) is 4.90 Å². The van der Waals surface area contributed by atoms with E-state index in [1.807, 2.05) is 32.0 Å². The summed E-state index contributed by atoms with van der Waals surface area (Å²) in [4.78, 5) is 26.6. The molecule has 0 saturated carbocycles. The summed E-state index contributed by atoms with van der Waals surface area (Å²) in [5.41, 5.74) is 3.07. The Morgan fingerprint density at radius 1 is 1.13 bits per heavy atom. The van der Waals surface area contributed by atoms with E-state index in [0.717, 1.165) is 16.8 Å². The van der Waals surface area contributed by atoms with E-state index < -0.39 is 22.0 Å². The van der Waals surface area contributed by atoms with Gasteiger partial charge in [-0.3, -0.25) is 9.59 Å². The van der Waals surface area contributed by atoms with Gasteiger partial charge in [0, 0.05) is 24.3 Å². The van der Waals surface area contributed by atoms with Crippen LogP contribution in [0.1, 0.15) is 38.8 Å². The first-order valence-electron chi connectivity index (χ1n) is 10.3. The number of aryl methyl sites for hydroxylation is 1. The lowest BCUT2D eigenvalue weighted by Crippen LogP contribution is -2.47. The Kier molecular flexibility index (Phi) is 6.52. The second-order valence-electron chi connectivity index (χ2n) is 8.38. The molecule has 2 amide bonds. The number of hydrogen-bond acceptors (Lipinski definition) is 4. The summed E-state index contributed by atoms with van der Waals surface area (Å²) in [7, 11) is -3.94. The predicted molar refractivity (Wildman–Crippen MR) is 122 cm³/mol. The Morgan fingerprint density at radius 3 is 2.42 bits per heavy atom. The van der Waals surface area contributed by atoms with Crippen LogP contribution in [-0.4, -0.2) is 32.3 Å². The van der Waals surface area contributed by atoms with Gasteiger partial charge in [-0.25, -0.2) is 8.42 Å². The number of fused-ring (bicyclic) bond motifs is 1. The molecule has 3 rings (SSSR count). The largest absolute Gasteiger partial charge is 0.324 e. The van der Waals surface area contributed by atoms with Gasteiger partial charge in [-0.1, -0.05) is 32.0 Å². The smallest absolute Gasteiger partial charge is 0.242 e. The van der Waals surface area contributed by atoms with Gasteiger partial charge in [-0.15, -0.1) is 0 Å². The molecule has 0 unspecified atom stereocenters. The van der Waals surface area contributed by atoms with Crippen molar-refractivity contribution in [1.29, 1.82) is 0 Å². The summed E-state index contributed by atoms with van der Waals surface area (Å²) in [6, 6.07) is 11.1. The molecule has 1 heterocycles. The number of carbonyl (C=O) groups excluding carboxylic acids is 2. The van der Waals surface area contributed by atoms with Crippen LogP contribution >= 0.6 is 0 Å². The zero-order chi connectivity index (χ0) is 22.9. The molecule has 0 radical (unpaired) electrons. The van der Waals surface area contributed by atoms with E-state index in [0.29, 0.717) is 12.1 Å². The fraction of sp³-hybridized carbons (Fsp3) is 0.391. The van der Waals surface area contributed by atoms with Crippen molar-refractivity contribution in [2.75, 3.05) is 10.2 Å². The first-order chi connectivity index (χ1) is 14.5. The Labute approximate surface area is 183 Å². The lowest BCUT2D eigenvalue weighted by molar-refractivity contribution is -0.118. The average molecular weight is 444 g/mol. The number of benzene rings is 2. The molecule has 2 aromatic carbocycles. The summed E-state index contributed by atoms with van der Waals surface area (Å²) in [5, 5.41) is 2.82. The van der Waals surface area contributed by atoms with Crippen LogP contribution in [-0.2, 0) is 26.0 Å². The van der Waals surface area contributed by atoms with E-state index in [9.17, 15) is 18.0 Å². The first kappa shape index (κ1) is 23.0. The number of nitrogens with one attached hydrogen (secondary N) is 2. The quantitative estimate of drug-likeness (QED) is 0.716. The number of sulfonamides is 1. The molecule has 7 nitrogen and oxygen atoms in total. The van der Waals surface area contributed by atoms with Crippen LogP contribution in [0, 0.1) is 12.8 Å². The van der Waals surface area contributed by atoms with Crippen molar-refractivity contribution in [3.05, 3.63) is 53.6 Å². The lowest BCUT2D eigenvalue weighted by atomic mass is 10.0. The minimum Gasteiger partial charge on any atom is -0.324 e. The molecular weight excluding hydrogens is 414 g/mol. The zero-order valence-electron chi connectivity index (χ0n) is 18.5. The van der Waals surface area contributed by atoms with E-state index >= 15 is 0 Å². The van der Waals surface area contributed by atoms with Gasteiger partial charge >= 0.3 is 0 Å². The van der Waals surface area contributed by atoms with Gasteiger partial charge in [0.2, 0.25) is 21.8 Å². The Morgan fingerprint density at radius 2 is 1.81 bits per heavy atom. The van der Waals surface area contributed by atoms with Gasteiger partial charge in [0.25, 0.3) is 0 Å². The number of hydrogen-bond donors (Lipinski definition) is 2. The van der Waals surface area contributed by atoms with Crippen molar-refractivity contribution in [2.24, 2.45) is 5.92 Å². The van der Waals surface area contributed by atoms with Crippen LogP contribution in [0.5, 0.6) is 0 Å². The topological polar surface area (TPSA) is 95.6 Å². The summed E-state index contributed by atoms with van der Waals surface area (Å²) in [5.74, 6) is -0.750. The fourth-order valence-corrected chi connectivity index (χ4v) is 5.30. The normalized spacial score (nSPS) is 16.8. The number of amides is 2. The van der Waals surface area contributed by atoms with E-state index in [-0.39, 0.29) is 22.8 Å². The van der Waals surface area contributed by atoms with Gasteiger partial charge in [0.15, 0.2) is 0 Å². The summed E-state index contributed by atoms with van der Waals surface area (Å²) >= 11 is 0. The Bertz CT molecular complexity index is 1110. The molecule has 166 valence electrons. The van der Waals surface area contributed by atoms with Gasteiger partial charge < -0.3 is 10.2 Å². The summed E-state index contributed by atoms with van der Waals surface area (Å²) in [6.07, 6.45) is 0.583. The number of anilines is 2. The maximum Gasteiger partial charge on any atom is 0.242 e. The van der Waals surface area contributed by atoms with Gasteiger partial charge in [0.1, 0.15) is 6.04 Å². The molecule has 0 aliphatic carbocycles. The van der Waals surface area contributed by atoms with Crippen LogP contribution in [0.15, 0.2) is 47.4 Å². The SMILES string of the molecule is CC(=O)N1c2ccc(S(=O)(=O)N[C@@H](C(=O)Nc3ccccc3C)C(C)C)cc2C[C@H]1C. The highest BCUT2D eigenvalue weighted by molar-refractivity contribution is 7.89. The molecule has 0 spiro atoms. The number of nitrogens with zero attached hydrogens (tertiary/aromatic N) is 1. The number of carbonyl (C=O) groups is 2. The van der Waals surface area contributed by atoms with Crippen LogP contribution in [0.2, 0.25) is 0 Å². The van der Waals surface area contributed by atoms with Crippen LogP contribution in [0.4, 0.5) is 11.4 Å². The third-order valence-electron chi connectivity index (χ3n) is 5.55. The molecule has 2 atom stereocenters. The average Bonchev–Trinajstić information content (AvgIpc) is 3.02. The van der Waals surface area contributed by atoms with Gasteiger partial charge in [-0.2, -0.15) is 4.72 Å². The first-order valence-corrected chi connectivity index (χ1v) is 11.8. The van der Waals surface area contributed by atoms with E-state index in [1.165, 1.54) is 13.0 Å². The second kappa shape index (κ2) is 8.80. The lowest BCUT2D eigenvalue weighted by Gasteiger charge is -2.23. The van der Waals surface area contributed by atoms with Crippen molar-refractivity contribution in [3.8, 4) is 0 Å². The number of rotatable bonds is 6. The molecule has 1 aliphatic rings. The molecule has 31 heavy (non-hydrogen) atoms. The van der Waals surface area contributed by atoms with Crippen molar-refractivity contribution >= 4 is 33.2 Å². The minimum absolute atomic E-state index is 0.0262. The van der Waals surface area contributed by atoms with Crippen LogP contribution < -0.4 is 14.9 Å². The minimum atomic E-state index is -3.94. The summed E-state index contributed by atoms with van der Waals surface area (Å²) < 4.78 is 28.8. The monoisotopic (exact) mass is 443 g/mol. The van der Waals surface area contributed by atoms with Crippen molar-refractivity contribution < 1.29 is 18.0 Å². The van der Waals surface area contributed by atoms with Crippen LogP contribution in [0.25, 0.3) is 0 Å². The van der Waals surface area contributed by atoms with Crippen molar-refractivity contribution in [3.63, 3.8) is 0 Å². The molecular formula is C23H29N3O4S. The number of para-hydroxylation sites is 1. The second-order valence-corrected chi connectivity index (χ2v) is 10.1. The zero-order valence-corrected chi connectivity index (χ0v) is 19.3. The highest BCUT2D eigenvalue weighted by atomic mass is 32.2. The highest BCUT2D eigenvalue weighted by Gasteiger charge is 2.32. The Hall–Kier alpha value is -2.71. The molecule has 0 saturated heterocycles. The van der Waals surface area contributed by atoms with E-state index in [4.69, 9.17) is 0 Å². The summed E-state index contributed by atoms with van der Waals surface area (Å²) in [6.45, 7) is 8.89. The van der Waals surface area contributed by atoms with Crippen molar-refractivity contribution in [2.45, 2.75) is 58.0 Å². The third-order valence-corrected chi connectivity index (χ3v) is 6.99. The molecule has 2 aromatic rings. The van der Waals surface area contributed by atoms with E-state index in [1.54, 1.807) is 36.9 Å². The maximum atomic E-state index is 13.1. The van der Waals surface area contributed by atoms with Crippen LogP contribution in [0.3, 0.4) is 0 Å².